The Morgan fingerprint density at radius 3 is 2.24 bits per heavy atom. The molecule has 3 saturated heterocycles. The van der Waals surface area contributed by atoms with Gasteiger partial charge in [0.2, 0.25) is 0 Å². The molecule has 16 unspecified atom stereocenters. The first-order valence-electron chi connectivity index (χ1n) is 13.7. The normalized spacial score (nSPS) is 48.0. The molecule has 0 aromatic carbocycles. The molecule has 0 bridgehead atoms. The maximum atomic E-state index is 12.2. The maximum Gasteiger partial charge on any atom is 0.364 e. The highest BCUT2D eigenvalue weighted by Crippen LogP contribution is 2.54. The smallest absolute Gasteiger partial charge is 0.364 e. The van der Waals surface area contributed by atoms with Gasteiger partial charge in [0, 0.05) is 18.3 Å². The molecule has 42 heavy (non-hydrogen) atoms. The number of aliphatic hydroxyl groups is 9. The van der Waals surface area contributed by atoms with E-state index >= 15 is 0 Å². The topological polar surface area (TPSA) is 301 Å². The van der Waals surface area contributed by atoms with E-state index in [1.165, 1.54) is 0 Å². The summed E-state index contributed by atoms with van der Waals surface area (Å²) in [6.45, 7) is -1.73. The third-order valence-electron chi connectivity index (χ3n) is 8.16. The van der Waals surface area contributed by atoms with Crippen molar-refractivity contribution in [2.45, 2.75) is 98.4 Å². The minimum atomic E-state index is -2.44. The number of aliphatic carboxylic acids is 1. The average molecular weight is 616 g/mol. The van der Waals surface area contributed by atoms with Crippen molar-refractivity contribution in [3.05, 3.63) is 0 Å². The first-order chi connectivity index (χ1) is 19.9. The first-order valence-corrected chi connectivity index (χ1v) is 13.7. The second kappa shape index (κ2) is 13.9. The molecule has 18 heteroatoms. The lowest BCUT2D eigenvalue weighted by Crippen LogP contribution is -2.65. The fourth-order valence-electron chi connectivity index (χ4n) is 5.71. The summed E-state index contributed by atoms with van der Waals surface area (Å²) in [7, 11) is 0. The predicted octanol–water partition coefficient (Wildman–Crippen LogP) is -6.47. The molecular formula is C24H41NO17. The number of hydrogen-bond donors (Lipinski definition) is 11. The fourth-order valence-corrected chi connectivity index (χ4v) is 5.71. The largest absolute Gasteiger partial charge is 0.477 e. The van der Waals surface area contributed by atoms with Crippen LogP contribution in [0, 0.1) is 11.8 Å². The maximum absolute atomic E-state index is 12.2. The summed E-state index contributed by atoms with van der Waals surface area (Å²) in [4.78, 5) is 12.2. The van der Waals surface area contributed by atoms with Crippen LogP contribution in [-0.4, -0.2) is 176 Å². The van der Waals surface area contributed by atoms with E-state index in [1.807, 2.05) is 0 Å². The van der Waals surface area contributed by atoms with Crippen molar-refractivity contribution in [2.75, 3.05) is 33.0 Å². The monoisotopic (exact) mass is 615 g/mol. The number of carbonyl (C=O) groups is 1. The SMILES string of the molecule is NCCCOC1OC(CO)C(OC2OC(COC3(C(=O)O)CC(O)C4C(O3)C4C(O)CO)C(O)C(O)C2O)C(O)C1O. The van der Waals surface area contributed by atoms with Gasteiger partial charge in [0.1, 0.15) is 48.8 Å². The molecule has 1 saturated carbocycles. The minimum absolute atomic E-state index is 0.0908. The second-order valence-electron chi connectivity index (χ2n) is 11.0. The summed E-state index contributed by atoms with van der Waals surface area (Å²) < 4.78 is 33.1. The second-order valence-corrected chi connectivity index (χ2v) is 11.0. The number of ether oxygens (including phenoxy) is 6. The highest BCUT2D eigenvalue weighted by molar-refractivity contribution is 5.76. The van der Waals surface area contributed by atoms with Gasteiger partial charge >= 0.3 is 5.97 Å². The predicted molar refractivity (Wildman–Crippen MR) is 131 cm³/mol. The van der Waals surface area contributed by atoms with Crippen LogP contribution < -0.4 is 5.73 Å². The van der Waals surface area contributed by atoms with E-state index in [9.17, 15) is 55.9 Å². The van der Waals surface area contributed by atoms with E-state index in [0.717, 1.165) is 0 Å². The highest BCUT2D eigenvalue weighted by atomic mass is 16.8. The molecule has 0 aromatic heterocycles. The van der Waals surface area contributed by atoms with Gasteiger partial charge in [-0.05, 0) is 13.0 Å². The van der Waals surface area contributed by atoms with E-state index in [1.54, 1.807) is 0 Å². The molecule has 3 heterocycles. The van der Waals surface area contributed by atoms with Crippen molar-refractivity contribution in [1.82, 2.24) is 0 Å². The van der Waals surface area contributed by atoms with Crippen molar-refractivity contribution in [3.8, 4) is 0 Å². The zero-order valence-electron chi connectivity index (χ0n) is 22.5. The van der Waals surface area contributed by atoms with Crippen molar-refractivity contribution < 1.29 is 84.3 Å². The van der Waals surface area contributed by atoms with Crippen molar-refractivity contribution in [1.29, 1.82) is 0 Å². The molecular weight excluding hydrogens is 574 g/mol. The Labute approximate surface area is 239 Å². The Morgan fingerprint density at radius 2 is 1.62 bits per heavy atom. The zero-order chi connectivity index (χ0) is 30.9. The highest BCUT2D eigenvalue weighted by Gasteiger charge is 2.67. The lowest BCUT2D eigenvalue weighted by atomic mass is 9.96. The van der Waals surface area contributed by atoms with Crippen molar-refractivity contribution >= 4 is 5.97 Å². The van der Waals surface area contributed by atoms with Gasteiger partial charge < -0.3 is 85.2 Å². The van der Waals surface area contributed by atoms with Gasteiger partial charge in [-0.1, -0.05) is 0 Å². The first kappa shape index (κ1) is 33.7. The number of nitrogens with two attached hydrogens (primary N) is 1. The summed E-state index contributed by atoms with van der Waals surface area (Å²) in [5.41, 5.74) is 5.41. The molecule has 0 radical (unpaired) electrons. The standard InChI is InChI=1S/C24H41NO17/c25-2-1-3-37-21-18(34)16(32)19(10(6-27)39-21)41-22-17(33)15(31)14(30)11(40-22)7-38-24(23(35)36)4-8(28)12-13(9(29)5-26)20(12)42-24/h8-22,26-34H,1-7,25H2,(H,35,36). The summed E-state index contributed by atoms with van der Waals surface area (Å²) in [5, 5.41) is 102. The molecule has 4 rings (SSSR count). The minimum Gasteiger partial charge on any atom is -0.477 e. The van der Waals surface area contributed by atoms with Crippen molar-refractivity contribution in [2.24, 2.45) is 17.6 Å². The van der Waals surface area contributed by atoms with Crippen molar-refractivity contribution in [3.63, 3.8) is 0 Å². The average Bonchev–Trinajstić information content (AvgIpc) is 3.70. The van der Waals surface area contributed by atoms with E-state index in [-0.39, 0.29) is 6.61 Å². The summed E-state index contributed by atoms with van der Waals surface area (Å²) in [6.07, 6.45) is -20.1. The molecule has 12 N–H and O–H groups in total. The van der Waals surface area contributed by atoms with Gasteiger partial charge in [0.25, 0.3) is 5.79 Å². The number of rotatable bonds is 13. The van der Waals surface area contributed by atoms with Gasteiger partial charge in [-0.2, -0.15) is 0 Å². The van der Waals surface area contributed by atoms with Crippen LogP contribution in [0.3, 0.4) is 0 Å². The van der Waals surface area contributed by atoms with Crippen LogP contribution in [0.2, 0.25) is 0 Å². The third kappa shape index (κ3) is 6.59. The molecule has 4 fully saturated rings. The molecule has 0 amide bonds. The third-order valence-corrected chi connectivity index (χ3v) is 8.16. The molecule has 1 aliphatic carbocycles. The van der Waals surface area contributed by atoms with Gasteiger partial charge in [0.05, 0.1) is 44.7 Å². The van der Waals surface area contributed by atoms with E-state index in [2.05, 4.69) is 0 Å². The number of aliphatic hydroxyl groups excluding tert-OH is 9. The Kier molecular flexibility index (Phi) is 11.1. The van der Waals surface area contributed by atoms with E-state index < -0.39 is 130 Å². The van der Waals surface area contributed by atoms with Crippen LogP contribution in [-0.2, 0) is 33.2 Å². The van der Waals surface area contributed by atoms with Gasteiger partial charge in [-0.25, -0.2) is 4.79 Å². The number of carboxylic acids is 1. The summed E-state index contributed by atoms with van der Waals surface area (Å²) >= 11 is 0. The van der Waals surface area contributed by atoms with E-state index in [0.29, 0.717) is 13.0 Å². The summed E-state index contributed by atoms with van der Waals surface area (Å²) in [6, 6.07) is 0. The molecule has 0 aromatic rings. The van der Waals surface area contributed by atoms with Gasteiger partial charge in [0.15, 0.2) is 12.6 Å². The molecule has 18 nitrogen and oxygen atoms in total. The zero-order valence-corrected chi connectivity index (χ0v) is 22.5. The fraction of sp³-hybridized carbons (Fsp3) is 0.958. The Hall–Kier alpha value is -1.17. The van der Waals surface area contributed by atoms with Crippen LogP contribution in [0.5, 0.6) is 0 Å². The Bertz CT molecular complexity index is 899. The van der Waals surface area contributed by atoms with Crippen LogP contribution in [0.1, 0.15) is 12.8 Å². The molecule has 4 aliphatic rings. The quantitative estimate of drug-likeness (QED) is 0.0858. The Morgan fingerprint density at radius 1 is 0.952 bits per heavy atom. The molecule has 244 valence electrons. The summed E-state index contributed by atoms with van der Waals surface area (Å²) in [5.74, 6) is -5.43. The van der Waals surface area contributed by atoms with Crippen LogP contribution in [0.4, 0.5) is 0 Å². The van der Waals surface area contributed by atoms with Gasteiger partial charge in [-0.15, -0.1) is 0 Å². The van der Waals surface area contributed by atoms with Crippen LogP contribution in [0.25, 0.3) is 0 Å². The van der Waals surface area contributed by atoms with E-state index in [4.69, 9.17) is 34.2 Å². The van der Waals surface area contributed by atoms with Gasteiger partial charge in [-0.3, -0.25) is 0 Å². The number of hydrogen-bond acceptors (Lipinski definition) is 17. The molecule has 3 aliphatic heterocycles. The molecule has 16 atom stereocenters. The van der Waals surface area contributed by atoms with Crippen LogP contribution >= 0.6 is 0 Å². The lowest BCUT2D eigenvalue weighted by Gasteiger charge is -2.46. The molecule has 0 spiro atoms. The number of carboxylic acid groups (broad SMARTS) is 1. The number of fused-ring (bicyclic) bond motifs is 1. The Balaban J connectivity index is 1.43. The lowest BCUT2D eigenvalue weighted by molar-refractivity contribution is -0.364. The van der Waals surface area contributed by atoms with Crippen LogP contribution in [0.15, 0.2) is 0 Å².